The van der Waals surface area contributed by atoms with Crippen molar-refractivity contribution in [3.05, 3.63) is 59.9 Å². The monoisotopic (exact) mass is 351 g/mol. The molecule has 1 amide bonds. The number of ether oxygens (including phenoxy) is 1. The van der Waals surface area contributed by atoms with Gasteiger partial charge in [-0.3, -0.25) is 4.79 Å². The number of hydrogen-bond donors (Lipinski definition) is 1. The summed E-state index contributed by atoms with van der Waals surface area (Å²) in [7, 11) is 0. The summed E-state index contributed by atoms with van der Waals surface area (Å²) in [5.41, 5.74) is 3.24. The van der Waals surface area contributed by atoms with Gasteiger partial charge in [0.15, 0.2) is 0 Å². The van der Waals surface area contributed by atoms with Crippen LogP contribution < -0.4 is 10.1 Å². The molecule has 3 aromatic rings. The third-order valence-electron chi connectivity index (χ3n) is 4.31. The third-order valence-corrected chi connectivity index (χ3v) is 4.31. The first-order chi connectivity index (χ1) is 12.5. The Hall–Kier alpha value is -2.82. The van der Waals surface area contributed by atoms with Crippen LogP contribution in [0.2, 0.25) is 0 Å². The van der Waals surface area contributed by atoms with Gasteiger partial charge in [0, 0.05) is 13.5 Å². The van der Waals surface area contributed by atoms with E-state index in [9.17, 15) is 4.79 Å². The Morgan fingerprint density at radius 1 is 1.19 bits per heavy atom. The fourth-order valence-corrected chi connectivity index (χ4v) is 3.08. The van der Waals surface area contributed by atoms with Gasteiger partial charge in [0.25, 0.3) is 0 Å². The van der Waals surface area contributed by atoms with Crippen molar-refractivity contribution in [2.24, 2.45) is 0 Å². The van der Waals surface area contributed by atoms with Crippen molar-refractivity contribution in [2.75, 3.05) is 6.61 Å². The summed E-state index contributed by atoms with van der Waals surface area (Å²) in [5.74, 6) is 1.70. The molecule has 1 aromatic heterocycles. The first-order valence-corrected chi connectivity index (χ1v) is 8.96. The van der Waals surface area contributed by atoms with E-state index >= 15 is 0 Å². The van der Waals surface area contributed by atoms with E-state index in [0.29, 0.717) is 6.61 Å². The summed E-state index contributed by atoms with van der Waals surface area (Å²) >= 11 is 0. The van der Waals surface area contributed by atoms with Crippen molar-refractivity contribution in [1.29, 1.82) is 0 Å². The number of rotatable bonds is 7. The van der Waals surface area contributed by atoms with Gasteiger partial charge in [-0.15, -0.1) is 0 Å². The van der Waals surface area contributed by atoms with Crippen molar-refractivity contribution in [2.45, 2.75) is 39.8 Å². The second-order valence-corrected chi connectivity index (χ2v) is 6.55. The molecule has 26 heavy (non-hydrogen) atoms. The van der Waals surface area contributed by atoms with Crippen molar-refractivity contribution in [1.82, 2.24) is 14.9 Å². The zero-order valence-corrected chi connectivity index (χ0v) is 15.5. The zero-order chi connectivity index (χ0) is 18.5. The number of nitrogens with zero attached hydrogens (tertiary/aromatic N) is 2. The van der Waals surface area contributed by atoms with Gasteiger partial charge >= 0.3 is 0 Å². The number of hydrogen-bond acceptors (Lipinski definition) is 3. The predicted octanol–water partition coefficient (Wildman–Crippen LogP) is 4.01. The van der Waals surface area contributed by atoms with Crippen LogP contribution in [0.1, 0.15) is 37.7 Å². The lowest BCUT2D eigenvalue weighted by Gasteiger charge is -2.15. The van der Waals surface area contributed by atoms with E-state index < -0.39 is 0 Å². The van der Waals surface area contributed by atoms with Crippen LogP contribution in [0.25, 0.3) is 11.0 Å². The van der Waals surface area contributed by atoms with Gasteiger partial charge < -0.3 is 14.6 Å². The highest BCUT2D eigenvalue weighted by atomic mass is 16.5. The number of benzene rings is 2. The highest BCUT2D eigenvalue weighted by molar-refractivity contribution is 5.77. The minimum absolute atomic E-state index is 0.0567. The number of nitrogens with one attached hydrogen (secondary N) is 1. The molecule has 136 valence electrons. The average Bonchev–Trinajstić information content (AvgIpc) is 2.98. The largest absolute Gasteiger partial charge is 0.494 e. The lowest BCUT2D eigenvalue weighted by Crippen LogP contribution is -2.26. The van der Waals surface area contributed by atoms with E-state index in [1.165, 1.54) is 12.5 Å². The second-order valence-electron chi connectivity index (χ2n) is 6.55. The molecule has 5 nitrogen and oxygen atoms in total. The van der Waals surface area contributed by atoms with E-state index in [4.69, 9.17) is 9.72 Å². The Morgan fingerprint density at radius 3 is 2.65 bits per heavy atom. The first-order valence-electron chi connectivity index (χ1n) is 8.96. The minimum atomic E-state index is -0.141. The number of carbonyl (C=O) groups is 1. The SMILES string of the molecule is CC(=O)NC(C)c1nc2ccccc2n1CCCOc1ccc(C)cc1. The van der Waals surface area contributed by atoms with Crippen LogP contribution in [0.5, 0.6) is 5.75 Å². The molecule has 0 saturated carbocycles. The van der Waals surface area contributed by atoms with Gasteiger partial charge in [0.2, 0.25) is 5.91 Å². The van der Waals surface area contributed by atoms with Gasteiger partial charge in [0.1, 0.15) is 11.6 Å². The van der Waals surface area contributed by atoms with E-state index in [0.717, 1.165) is 35.6 Å². The number of imidazole rings is 1. The van der Waals surface area contributed by atoms with Gasteiger partial charge in [0.05, 0.1) is 23.7 Å². The van der Waals surface area contributed by atoms with Crippen LogP contribution in [-0.4, -0.2) is 22.1 Å². The molecular weight excluding hydrogens is 326 g/mol. The lowest BCUT2D eigenvalue weighted by molar-refractivity contribution is -0.119. The van der Waals surface area contributed by atoms with Crippen LogP contribution in [0, 0.1) is 6.92 Å². The Bertz CT molecular complexity index is 884. The van der Waals surface area contributed by atoms with Gasteiger partial charge in [-0.25, -0.2) is 4.98 Å². The molecule has 0 radical (unpaired) electrons. The minimum Gasteiger partial charge on any atom is -0.494 e. The quantitative estimate of drug-likeness (QED) is 0.654. The smallest absolute Gasteiger partial charge is 0.217 e. The van der Waals surface area contributed by atoms with E-state index in [2.05, 4.69) is 22.9 Å². The zero-order valence-electron chi connectivity index (χ0n) is 15.5. The highest BCUT2D eigenvalue weighted by Crippen LogP contribution is 2.21. The van der Waals surface area contributed by atoms with Gasteiger partial charge in [-0.1, -0.05) is 29.8 Å². The molecular formula is C21H25N3O2. The van der Waals surface area contributed by atoms with Crippen LogP contribution in [0.15, 0.2) is 48.5 Å². The molecule has 1 heterocycles. The molecule has 0 spiro atoms. The van der Waals surface area contributed by atoms with E-state index in [-0.39, 0.29) is 11.9 Å². The fraction of sp³-hybridized carbons (Fsp3) is 0.333. The van der Waals surface area contributed by atoms with Crippen LogP contribution >= 0.6 is 0 Å². The summed E-state index contributed by atoms with van der Waals surface area (Å²) < 4.78 is 8.01. The standard InChI is InChI=1S/C21H25N3O2/c1-15-9-11-18(12-10-15)26-14-6-13-24-20-8-5-4-7-19(20)23-21(24)16(2)22-17(3)25/h4-5,7-12,16H,6,13-14H2,1-3H3,(H,22,25). The molecule has 2 aromatic carbocycles. The maximum absolute atomic E-state index is 11.4. The Labute approximate surface area is 154 Å². The van der Waals surface area contributed by atoms with E-state index in [1.54, 1.807) is 0 Å². The van der Waals surface area contributed by atoms with Gasteiger partial charge in [-0.05, 0) is 44.5 Å². The predicted molar refractivity (Wildman–Crippen MR) is 103 cm³/mol. The molecule has 1 N–H and O–H groups in total. The molecule has 5 heteroatoms. The molecule has 1 unspecified atom stereocenters. The highest BCUT2D eigenvalue weighted by Gasteiger charge is 2.16. The molecule has 3 rings (SSSR count). The molecule has 0 aliphatic rings. The Morgan fingerprint density at radius 2 is 1.92 bits per heavy atom. The van der Waals surface area contributed by atoms with Crippen LogP contribution in [-0.2, 0) is 11.3 Å². The summed E-state index contributed by atoms with van der Waals surface area (Å²) in [5, 5.41) is 2.93. The maximum atomic E-state index is 11.4. The third kappa shape index (κ3) is 4.23. The van der Waals surface area contributed by atoms with Gasteiger partial charge in [-0.2, -0.15) is 0 Å². The van der Waals surface area contributed by atoms with Crippen molar-refractivity contribution < 1.29 is 9.53 Å². The molecule has 1 atom stereocenters. The number of aryl methyl sites for hydroxylation is 2. The van der Waals surface area contributed by atoms with Crippen molar-refractivity contribution in [3.8, 4) is 5.75 Å². The topological polar surface area (TPSA) is 56.2 Å². The molecule has 0 saturated heterocycles. The summed E-state index contributed by atoms with van der Waals surface area (Å²) in [4.78, 5) is 16.1. The lowest BCUT2D eigenvalue weighted by atomic mass is 10.2. The number of amides is 1. The Balaban J connectivity index is 1.71. The summed E-state index contributed by atoms with van der Waals surface area (Å²) in [6.07, 6.45) is 0.855. The van der Waals surface area contributed by atoms with Crippen LogP contribution in [0.3, 0.4) is 0 Å². The Kier molecular flexibility index (Phi) is 5.56. The van der Waals surface area contributed by atoms with E-state index in [1.807, 2.05) is 49.4 Å². The van der Waals surface area contributed by atoms with Crippen molar-refractivity contribution in [3.63, 3.8) is 0 Å². The van der Waals surface area contributed by atoms with Crippen molar-refractivity contribution >= 4 is 16.9 Å². The van der Waals surface area contributed by atoms with Crippen LogP contribution in [0.4, 0.5) is 0 Å². The first kappa shape index (κ1) is 18.0. The number of para-hydroxylation sites is 2. The fourth-order valence-electron chi connectivity index (χ4n) is 3.08. The summed E-state index contributed by atoms with van der Waals surface area (Å²) in [6.45, 7) is 6.96. The normalized spacial score (nSPS) is 12.1. The average molecular weight is 351 g/mol. The second kappa shape index (κ2) is 8.04. The molecule has 0 aliphatic carbocycles. The summed E-state index contributed by atoms with van der Waals surface area (Å²) in [6, 6.07) is 16.0. The number of aromatic nitrogens is 2. The number of carbonyl (C=O) groups excluding carboxylic acids is 1. The molecule has 0 bridgehead atoms. The molecule has 0 aliphatic heterocycles. The molecule has 0 fully saturated rings. The number of fused-ring (bicyclic) bond motifs is 1. The maximum Gasteiger partial charge on any atom is 0.217 e.